The summed E-state index contributed by atoms with van der Waals surface area (Å²) in [5.74, 6) is -0.326. The standard InChI is InChI=1S/C13H18O3/c1-4-12(9(2)13(14)15)10-6-5-7-11(8-10)16-3/h5-9,12H,4H2,1-3H3,(H,14,15)/t9-,12+/m1/s1. The Hall–Kier alpha value is -1.51. The van der Waals surface area contributed by atoms with Crippen LogP contribution in [0.25, 0.3) is 0 Å². The van der Waals surface area contributed by atoms with Gasteiger partial charge in [-0.3, -0.25) is 4.79 Å². The molecule has 0 aliphatic rings. The number of methoxy groups -OCH3 is 1. The van der Waals surface area contributed by atoms with Crippen molar-refractivity contribution < 1.29 is 14.6 Å². The van der Waals surface area contributed by atoms with Crippen LogP contribution in [0.1, 0.15) is 31.7 Å². The topological polar surface area (TPSA) is 46.5 Å². The van der Waals surface area contributed by atoms with Crippen LogP contribution < -0.4 is 4.74 Å². The normalized spacial score (nSPS) is 14.2. The molecule has 1 aromatic rings. The first-order valence-corrected chi connectivity index (χ1v) is 5.46. The highest BCUT2D eigenvalue weighted by molar-refractivity contribution is 5.71. The summed E-state index contributed by atoms with van der Waals surface area (Å²) in [5, 5.41) is 9.04. The molecule has 16 heavy (non-hydrogen) atoms. The lowest BCUT2D eigenvalue weighted by molar-refractivity contribution is -0.141. The Kier molecular flexibility index (Phi) is 4.35. The first-order chi connectivity index (χ1) is 7.60. The van der Waals surface area contributed by atoms with Crippen molar-refractivity contribution in [1.82, 2.24) is 0 Å². The van der Waals surface area contributed by atoms with Gasteiger partial charge in [-0.2, -0.15) is 0 Å². The van der Waals surface area contributed by atoms with E-state index >= 15 is 0 Å². The van der Waals surface area contributed by atoms with E-state index in [0.717, 1.165) is 17.7 Å². The molecule has 0 saturated heterocycles. The molecule has 0 spiro atoms. The van der Waals surface area contributed by atoms with E-state index in [0.29, 0.717) is 0 Å². The Morgan fingerprint density at radius 2 is 2.19 bits per heavy atom. The fraction of sp³-hybridized carbons (Fsp3) is 0.462. The summed E-state index contributed by atoms with van der Waals surface area (Å²) in [6.07, 6.45) is 0.806. The SMILES string of the molecule is CC[C@H](c1cccc(OC)c1)[C@@H](C)C(=O)O. The Bertz CT molecular complexity index is 360. The summed E-state index contributed by atoms with van der Waals surface area (Å²) in [6, 6.07) is 7.62. The fourth-order valence-corrected chi connectivity index (χ4v) is 1.92. The Balaban J connectivity index is 2.98. The van der Waals surface area contributed by atoms with E-state index in [1.165, 1.54) is 0 Å². The third kappa shape index (κ3) is 2.75. The highest BCUT2D eigenvalue weighted by Crippen LogP contribution is 2.30. The number of ether oxygens (including phenoxy) is 1. The van der Waals surface area contributed by atoms with Crippen molar-refractivity contribution in [3.63, 3.8) is 0 Å². The van der Waals surface area contributed by atoms with E-state index in [1.807, 2.05) is 31.2 Å². The average molecular weight is 222 g/mol. The minimum absolute atomic E-state index is 0.0348. The summed E-state index contributed by atoms with van der Waals surface area (Å²) < 4.78 is 5.14. The molecule has 0 bridgehead atoms. The molecular weight excluding hydrogens is 204 g/mol. The zero-order chi connectivity index (χ0) is 12.1. The first kappa shape index (κ1) is 12.6. The second-order valence-corrected chi connectivity index (χ2v) is 3.92. The van der Waals surface area contributed by atoms with Crippen LogP contribution >= 0.6 is 0 Å². The van der Waals surface area contributed by atoms with Gasteiger partial charge >= 0.3 is 5.97 Å². The molecule has 0 saturated carbocycles. The molecule has 1 N–H and O–H groups in total. The summed E-state index contributed by atoms with van der Waals surface area (Å²) in [6.45, 7) is 3.75. The number of carbonyl (C=O) groups is 1. The molecule has 0 heterocycles. The quantitative estimate of drug-likeness (QED) is 0.833. The maximum atomic E-state index is 11.0. The molecule has 0 aromatic heterocycles. The van der Waals surface area contributed by atoms with Crippen molar-refractivity contribution in [3.8, 4) is 5.75 Å². The van der Waals surface area contributed by atoms with Crippen molar-refractivity contribution in [2.45, 2.75) is 26.2 Å². The summed E-state index contributed by atoms with van der Waals surface area (Å²) in [7, 11) is 1.61. The molecule has 0 fully saturated rings. The lowest BCUT2D eigenvalue weighted by Gasteiger charge is -2.20. The first-order valence-electron chi connectivity index (χ1n) is 5.46. The van der Waals surface area contributed by atoms with Crippen LogP contribution in [0.4, 0.5) is 0 Å². The zero-order valence-electron chi connectivity index (χ0n) is 9.93. The summed E-state index contributed by atoms with van der Waals surface area (Å²) >= 11 is 0. The minimum Gasteiger partial charge on any atom is -0.497 e. The molecule has 3 heteroatoms. The zero-order valence-corrected chi connectivity index (χ0v) is 9.93. The number of aliphatic carboxylic acids is 1. The third-order valence-corrected chi connectivity index (χ3v) is 2.95. The molecule has 1 rings (SSSR count). The van der Waals surface area contributed by atoms with Crippen molar-refractivity contribution >= 4 is 5.97 Å². The molecule has 0 aliphatic carbocycles. The predicted molar refractivity (Wildman–Crippen MR) is 62.8 cm³/mol. The largest absolute Gasteiger partial charge is 0.497 e. The smallest absolute Gasteiger partial charge is 0.306 e. The summed E-state index contributed by atoms with van der Waals surface area (Å²) in [4.78, 5) is 11.0. The molecule has 88 valence electrons. The van der Waals surface area contributed by atoms with E-state index in [1.54, 1.807) is 14.0 Å². The monoisotopic (exact) mass is 222 g/mol. The van der Waals surface area contributed by atoms with Gasteiger partial charge in [0.2, 0.25) is 0 Å². The molecule has 0 aliphatic heterocycles. The van der Waals surface area contributed by atoms with Gasteiger partial charge in [0.1, 0.15) is 5.75 Å². The molecule has 3 nitrogen and oxygen atoms in total. The Labute approximate surface area is 96.1 Å². The predicted octanol–water partition coefficient (Wildman–Crippen LogP) is 2.91. The van der Waals surface area contributed by atoms with E-state index in [-0.39, 0.29) is 11.8 Å². The number of rotatable bonds is 5. The fourth-order valence-electron chi connectivity index (χ4n) is 1.92. The van der Waals surface area contributed by atoms with Crippen molar-refractivity contribution in [3.05, 3.63) is 29.8 Å². The van der Waals surface area contributed by atoms with E-state index in [4.69, 9.17) is 9.84 Å². The van der Waals surface area contributed by atoms with E-state index in [9.17, 15) is 4.79 Å². The molecule has 0 unspecified atom stereocenters. The molecule has 0 radical (unpaired) electrons. The van der Waals surface area contributed by atoms with Gasteiger partial charge in [0, 0.05) is 0 Å². The van der Waals surface area contributed by atoms with Gasteiger partial charge in [0.25, 0.3) is 0 Å². The van der Waals surface area contributed by atoms with Gasteiger partial charge in [-0.05, 0) is 30.0 Å². The van der Waals surface area contributed by atoms with Crippen molar-refractivity contribution in [1.29, 1.82) is 0 Å². The van der Waals surface area contributed by atoms with Crippen LogP contribution in [0.5, 0.6) is 5.75 Å². The van der Waals surface area contributed by atoms with Crippen LogP contribution in [-0.2, 0) is 4.79 Å². The third-order valence-electron chi connectivity index (χ3n) is 2.95. The lowest BCUT2D eigenvalue weighted by atomic mass is 9.85. The Morgan fingerprint density at radius 3 is 2.69 bits per heavy atom. The Morgan fingerprint density at radius 1 is 1.50 bits per heavy atom. The maximum absolute atomic E-state index is 11.0. The molecule has 0 amide bonds. The number of hydrogen-bond acceptors (Lipinski definition) is 2. The highest BCUT2D eigenvalue weighted by atomic mass is 16.5. The van der Waals surface area contributed by atoms with Crippen LogP contribution in [0.2, 0.25) is 0 Å². The minimum atomic E-state index is -0.755. The van der Waals surface area contributed by atoms with E-state index in [2.05, 4.69) is 0 Å². The van der Waals surface area contributed by atoms with Gasteiger partial charge in [-0.25, -0.2) is 0 Å². The number of hydrogen-bond donors (Lipinski definition) is 1. The van der Waals surface area contributed by atoms with Crippen molar-refractivity contribution in [2.75, 3.05) is 7.11 Å². The highest BCUT2D eigenvalue weighted by Gasteiger charge is 2.23. The molecular formula is C13H18O3. The van der Waals surface area contributed by atoms with E-state index < -0.39 is 5.97 Å². The second-order valence-electron chi connectivity index (χ2n) is 3.92. The van der Waals surface area contributed by atoms with Gasteiger partial charge in [-0.1, -0.05) is 26.0 Å². The van der Waals surface area contributed by atoms with Gasteiger partial charge in [-0.15, -0.1) is 0 Å². The second kappa shape index (κ2) is 5.54. The van der Waals surface area contributed by atoms with Gasteiger partial charge < -0.3 is 9.84 Å². The van der Waals surface area contributed by atoms with Gasteiger partial charge in [0.05, 0.1) is 13.0 Å². The molecule has 2 atom stereocenters. The number of carboxylic acid groups (broad SMARTS) is 1. The van der Waals surface area contributed by atoms with Crippen LogP contribution in [0.15, 0.2) is 24.3 Å². The lowest BCUT2D eigenvalue weighted by Crippen LogP contribution is -2.18. The van der Waals surface area contributed by atoms with Crippen LogP contribution in [-0.4, -0.2) is 18.2 Å². The maximum Gasteiger partial charge on any atom is 0.306 e. The number of carboxylic acids is 1. The van der Waals surface area contributed by atoms with Crippen LogP contribution in [0.3, 0.4) is 0 Å². The van der Waals surface area contributed by atoms with Gasteiger partial charge in [0.15, 0.2) is 0 Å². The number of benzene rings is 1. The van der Waals surface area contributed by atoms with Crippen molar-refractivity contribution in [2.24, 2.45) is 5.92 Å². The molecule has 1 aromatic carbocycles. The summed E-state index contributed by atoms with van der Waals surface area (Å²) in [5.41, 5.74) is 1.02. The van der Waals surface area contributed by atoms with Crippen LogP contribution in [0, 0.1) is 5.92 Å². The average Bonchev–Trinajstić information content (AvgIpc) is 2.30.